The van der Waals surface area contributed by atoms with Gasteiger partial charge in [-0.15, -0.1) is 0 Å². The van der Waals surface area contributed by atoms with Gasteiger partial charge in [0.2, 0.25) is 11.8 Å². The summed E-state index contributed by atoms with van der Waals surface area (Å²) in [7, 11) is 1.86. The second kappa shape index (κ2) is 10.8. The molecule has 1 fully saturated rings. The highest BCUT2D eigenvalue weighted by Crippen LogP contribution is 2.32. The highest BCUT2D eigenvalue weighted by molar-refractivity contribution is 5.84. The summed E-state index contributed by atoms with van der Waals surface area (Å²) in [6, 6.07) is 15.7. The van der Waals surface area contributed by atoms with Gasteiger partial charge in [0.15, 0.2) is 5.96 Å². The summed E-state index contributed by atoms with van der Waals surface area (Å²) in [5.41, 5.74) is 13.6. The Kier molecular flexibility index (Phi) is 7.58. The number of hydrogen-bond donors (Lipinski definition) is 2. The number of nitrogens with zero attached hydrogens (tertiary/aromatic N) is 3. The lowest BCUT2D eigenvalue weighted by atomic mass is 9.85. The number of guanidine groups is 1. The predicted octanol–water partition coefficient (Wildman–Crippen LogP) is 3.91. The van der Waals surface area contributed by atoms with E-state index in [1.165, 1.54) is 0 Å². The first-order valence-electron chi connectivity index (χ1n) is 12.3. The molecule has 8 heteroatoms. The molecule has 1 heterocycles. The van der Waals surface area contributed by atoms with E-state index >= 15 is 0 Å². The Bertz CT molecular complexity index is 1080. The van der Waals surface area contributed by atoms with Crippen LogP contribution in [0.2, 0.25) is 0 Å². The SMILES string of the molecule is C[C@H](CCC(=O)N(C)C1CCC(C(N)=O)CC1)N1Cc2cc(Oc3ccccc3)ccc2N=C1N. The van der Waals surface area contributed by atoms with Crippen molar-refractivity contribution in [2.24, 2.45) is 22.4 Å². The molecule has 8 nitrogen and oxygen atoms in total. The number of carbonyl (C=O) groups is 2. The fourth-order valence-electron chi connectivity index (χ4n) is 4.94. The summed E-state index contributed by atoms with van der Waals surface area (Å²) in [4.78, 5) is 32.8. The maximum atomic E-state index is 12.9. The normalized spacial score (nSPS) is 20.4. The first-order valence-corrected chi connectivity index (χ1v) is 12.3. The van der Waals surface area contributed by atoms with Gasteiger partial charge in [0.1, 0.15) is 11.5 Å². The molecule has 35 heavy (non-hydrogen) atoms. The lowest BCUT2D eigenvalue weighted by molar-refractivity contribution is -0.133. The number of primary amides is 1. The number of carbonyl (C=O) groups excluding carboxylic acids is 2. The highest BCUT2D eigenvalue weighted by Gasteiger charge is 2.29. The first-order chi connectivity index (χ1) is 16.8. The standard InChI is InChI=1S/C27H35N5O3/c1-18(8-15-25(33)31(2)21-11-9-19(10-12-21)26(28)34)32-17-20-16-23(13-14-24(20)30-27(32)29)35-22-6-4-3-5-7-22/h3-7,13-14,16,18-19,21H,8-12,15,17H2,1-2H3,(H2,28,34)(H2,29,30)/t18-,19?,21?/m1/s1. The van der Waals surface area contributed by atoms with Crippen molar-refractivity contribution in [3.05, 3.63) is 54.1 Å². The number of benzene rings is 2. The van der Waals surface area contributed by atoms with E-state index in [1.807, 2.05) is 65.4 Å². The van der Waals surface area contributed by atoms with Crippen molar-refractivity contribution >= 4 is 23.5 Å². The Balaban J connectivity index is 1.32. The van der Waals surface area contributed by atoms with Gasteiger partial charge < -0.3 is 26.0 Å². The highest BCUT2D eigenvalue weighted by atomic mass is 16.5. The molecular formula is C27H35N5O3. The maximum Gasteiger partial charge on any atom is 0.222 e. The van der Waals surface area contributed by atoms with Crippen LogP contribution in [-0.2, 0) is 16.1 Å². The zero-order valence-electron chi connectivity index (χ0n) is 20.5. The van der Waals surface area contributed by atoms with Crippen molar-refractivity contribution in [1.29, 1.82) is 0 Å². The van der Waals surface area contributed by atoms with Crippen LogP contribution in [-0.4, -0.2) is 46.7 Å². The number of ether oxygens (including phenoxy) is 1. The molecule has 1 aliphatic heterocycles. The molecule has 4 rings (SSSR count). The third kappa shape index (κ3) is 5.93. The van der Waals surface area contributed by atoms with E-state index in [-0.39, 0.29) is 29.8 Å². The van der Waals surface area contributed by atoms with Gasteiger partial charge in [0.05, 0.1) is 5.69 Å². The Hall–Kier alpha value is -3.55. The predicted molar refractivity (Wildman–Crippen MR) is 136 cm³/mol. The van der Waals surface area contributed by atoms with Gasteiger partial charge in [-0.2, -0.15) is 0 Å². The molecule has 0 radical (unpaired) electrons. The number of rotatable bonds is 8. The van der Waals surface area contributed by atoms with E-state index in [0.717, 1.165) is 48.4 Å². The van der Waals surface area contributed by atoms with Crippen LogP contribution < -0.4 is 16.2 Å². The third-order valence-electron chi connectivity index (χ3n) is 7.25. The number of amides is 2. The van der Waals surface area contributed by atoms with Gasteiger partial charge in [-0.05, 0) is 69.4 Å². The topological polar surface area (TPSA) is 114 Å². The first kappa shape index (κ1) is 24.6. The molecule has 2 aliphatic rings. The van der Waals surface area contributed by atoms with Crippen molar-refractivity contribution < 1.29 is 14.3 Å². The number of para-hydroxylation sites is 1. The van der Waals surface area contributed by atoms with Crippen LogP contribution in [0, 0.1) is 5.92 Å². The van der Waals surface area contributed by atoms with Crippen LogP contribution in [0.15, 0.2) is 53.5 Å². The van der Waals surface area contributed by atoms with Gasteiger partial charge in [-0.25, -0.2) is 4.99 Å². The van der Waals surface area contributed by atoms with E-state index in [0.29, 0.717) is 25.3 Å². The molecule has 0 aromatic heterocycles. The Morgan fingerprint density at radius 3 is 2.51 bits per heavy atom. The molecule has 1 aliphatic carbocycles. The Morgan fingerprint density at radius 2 is 1.83 bits per heavy atom. The quantitative estimate of drug-likeness (QED) is 0.598. The van der Waals surface area contributed by atoms with Crippen LogP contribution in [0.25, 0.3) is 0 Å². The number of fused-ring (bicyclic) bond motifs is 1. The Labute approximate surface area is 206 Å². The molecular weight excluding hydrogens is 442 g/mol. The Morgan fingerprint density at radius 1 is 1.11 bits per heavy atom. The number of hydrogen-bond acceptors (Lipinski definition) is 6. The average Bonchev–Trinajstić information content (AvgIpc) is 2.87. The minimum Gasteiger partial charge on any atom is -0.457 e. The molecule has 2 aromatic carbocycles. The minimum absolute atomic E-state index is 0.0496. The molecule has 2 amide bonds. The fraction of sp³-hybridized carbons (Fsp3) is 0.444. The minimum atomic E-state index is -0.229. The molecule has 0 unspecified atom stereocenters. The van der Waals surface area contributed by atoms with Crippen LogP contribution in [0.1, 0.15) is 51.0 Å². The van der Waals surface area contributed by atoms with Crippen LogP contribution in [0.4, 0.5) is 5.69 Å². The summed E-state index contributed by atoms with van der Waals surface area (Å²) >= 11 is 0. The molecule has 186 valence electrons. The zero-order valence-corrected chi connectivity index (χ0v) is 20.5. The molecule has 0 saturated heterocycles. The maximum absolute atomic E-state index is 12.9. The van der Waals surface area contributed by atoms with Gasteiger partial charge in [-0.1, -0.05) is 18.2 Å². The number of aliphatic imine (C=N–C) groups is 1. The van der Waals surface area contributed by atoms with Crippen molar-refractivity contribution in [1.82, 2.24) is 9.80 Å². The average molecular weight is 478 g/mol. The van der Waals surface area contributed by atoms with Gasteiger partial charge >= 0.3 is 0 Å². The van der Waals surface area contributed by atoms with Crippen molar-refractivity contribution in [2.45, 2.75) is 64.1 Å². The fourth-order valence-corrected chi connectivity index (χ4v) is 4.94. The summed E-state index contributed by atoms with van der Waals surface area (Å²) in [6.45, 7) is 2.68. The van der Waals surface area contributed by atoms with E-state index in [4.69, 9.17) is 16.2 Å². The summed E-state index contributed by atoms with van der Waals surface area (Å²) in [5.74, 6) is 1.83. The van der Waals surface area contributed by atoms with E-state index < -0.39 is 0 Å². The second-order valence-corrected chi connectivity index (χ2v) is 9.60. The summed E-state index contributed by atoms with van der Waals surface area (Å²) in [5, 5.41) is 0. The van der Waals surface area contributed by atoms with Crippen LogP contribution >= 0.6 is 0 Å². The molecule has 1 atom stereocenters. The monoisotopic (exact) mass is 477 g/mol. The molecule has 2 aromatic rings. The number of nitrogens with two attached hydrogens (primary N) is 2. The van der Waals surface area contributed by atoms with Gasteiger partial charge in [0.25, 0.3) is 0 Å². The van der Waals surface area contributed by atoms with Gasteiger partial charge in [-0.3, -0.25) is 9.59 Å². The van der Waals surface area contributed by atoms with Crippen LogP contribution in [0.3, 0.4) is 0 Å². The van der Waals surface area contributed by atoms with E-state index in [9.17, 15) is 9.59 Å². The molecule has 1 saturated carbocycles. The summed E-state index contributed by atoms with van der Waals surface area (Å²) in [6.07, 6.45) is 4.25. The van der Waals surface area contributed by atoms with Crippen molar-refractivity contribution in [2.75, 3.05) is 7.05 Å². The smallest absolute Gasteiger partial charge is 0.222 e. The van der Waals surface area contributed by atoms with E-state index in [1.54, 1.807) is 0 Å². The molecule has 0 spiro atoms. The van der Waals surface area contributed by atoms with E-state index in [2.05, 4.69) is 11.9 Å². The zero-order chi connectivity index (χ0) is 24.9. The van der Waals surface area contributed by atoms with Crippen molar-refractivity contribution in [3.63, 3.8) is 0 Å². The lowest BCUT2D eigenvalue weighted by Crippen LogP contribution is -2.45. The third-order valence-corrected chi connectivity index (χ3v) is 7.25. The van der Waals surface area contributed by atoms with Crippen LogP contribution in [0.5, 0.6) is 11.5 Å². The van der Waals surface area contributed by atoms with Crippen molar-refractivity contribution in [3.8, 4) is 11.5 Å². The lowest BCUT2D eigenvalue weighted by Gasteiger charge is -2.35. The molecule has 0 bridgehead atoms. The van der Waals surface area contributed by atoms with Gasteiger partial charge in [0, 0.05) is 43.6 Å². The summed E-state index contributed by atoms with van der Waals surface area (Å²) < 4.78 is 5.98. The largest absolute Gasteiger partial charge is 0.457 e. The second-order valence-electron chi connectivity index (χ2n) is 9.60. The molecule has 4 N–H and O–H groups in total.